The van der Waals surface area contributed by atoms with E-state index in [2.05, 4.69) is 29.8 Å². The number of hydrogen-bond donors (Lipinski definition) is 0. The van der Waals surface area contributed by atoms with Gasteiger partial charge in [0.25, 0.3) is 0 Å². The van der Waals surface area contributed by atoms with E-state index in [0.717, 1.165) is 22.5 Å². The summed E-state index contributed by atoms with van der Waals surface area (Å²) in [4.78, 5) is 0. The third-order valence-electron chi connectivity index (χ3n) is 2.77. The van der Waals surface area contributed by atoms with Crippen LogP contribution in [0.15, 0.2) is 18.2 Å². The van der Waals surface area contributed by atoms with Crippen LogP contribution >= 0.6 is 27.5 Å². The zero-order chi connectivity index (χ0) is 12.8. The Balaban J connectivity index is 2.80. The lowest BCUT2D eigenvalue weighted by molar-refractivity contribution is 0.397. The first-order valence-electron chi connectivity index (χ1n) is 5.95. The Morgan fingerprint density at radius 1 is 1.35 bits per heavy atom. The molecule has 0 aromatic heterocycles. The molecule has 0 fully saturated rings. The van der Waals surface area contributed by atoms with Crippen LogP contribution in [0.4, 0.5) is 0 Å². The predicted octanol–water partition coefficient (Wildman–Crippen LogP) is 4.95. The van der Waals surface area contributed by atoms with Crippen LogP contribution in [0.3, 0.4) is 0 Å². The fraction of sp³-hybridized carbons (Fsp3) is 0.571. The quantitative estimate of drug-likeness (QED) is 0.674. The molecule has 0 saturated carbocycles. The summed E-state index contributed by atoms with van der Waals surface area (Å²) in [5.41, 5.74) is 1.20. The number of halogens is 2. The summed E-state index contributed by atoms with van der Waals surface area (Å²) in [6.45, 7) is 4.51. The van der Waals surface area contributed by atoms with E-state index in [1.165, 1.54) is 12.0 Å². The highest BCUT2D eigenvalue weighted by Gasteiger charge is 2.13. The van der Waals surface area contributed by atoms with Crippen molar-refractivity contribution in [2.75, 3.05) is 12.4 Å². The van der Waals surface area contributed by atoms with Crippen LogP contribution in [0.25, 0.3) is 0 Å². The highest BCUT2D eigenvalue weighted by atomic mass is 79.9. The standard InChI is InChI=1S/C14H20BrClO/c1-10(2)6-11(9-15)7-12-8-13(16)4-5-14(12)17-3/h4-5,8,10-11H,6-7,9H2,1-3H3. The van der Waals surface area contributed by atoms with Crippen molar-refractivity contribution in [2.45, 2.75) is 26.7 Å². The molecule has 1 rings (SSSR count). The molecule has 96 valence electrons. The molecule has 0 spiro atoms. The van der Waals surface area contributed by atoms with Gasteiger partial charge in [-0.05, 0) is 48.4 Å². The van der Waals surface area contributed by atoms with Crippen LogP contribution in [0.2, 0.25) is 5.02 Å². The molecule has 1 nitrogen and oxygen atoms in total. The van der Waals surface area contributed by atoms with Crippen LogP contribution in [0.5, 0.6) is 5.75 Å². The second-order valence-corrected chi connectivity index (χ2v) is 5.89. The molecule has 0 aliphatic carbocycles. The Kier molecular flexibility index (Phi) is 6.35. The van der Waals surface area contributed by atoms with E-state index in [0.29, 0.717) is 11.8 Å². The molecule has 0 saturated heterocycles. The summed E-state index contributed by atoms with van der Waals surface area (Å²) in [5, 5.41) is 1.79. The van der Waals surface area contributed by atoms with Crippen molar-refractivity contribution >= 4 is 27.5 Å². The van der Waals surface area contributed by atoms with Gasteiger partial charge in [-0.25, -0.2) is 0 Å². The normalized spacial score (nSPS) is 12.8. The van der Waals surface area contributed by atoms with Crippen molar-refractivity contribution in [1.82, 2.24) is 0 Å². The zero-order valence-electron chi connectivity index (χ0n) is 10.7. The van der Waals surface area contributed by atoms with Gasteiger partial charge in [-0.2, -0.15) is 0 Å². The van der Waals surface area contributed by atoms with Gasteiger partial charge < -0.3 is 4.74 Å². The lowest BCUT2D eigenvalue weighted by atomic mass is 9.92. The van der Waals surface area contributed by atoms with Crippen molar-refractivity contribution in [3.63, 3.8) is 0 Å². The molecular weight excluding hydrogens is 300 g/mol. The van der Waals surface area contributed by atoms with E-state index in [9.17, 15) is 0 Å². The summed E-state index contributed by atoms with van der Waals surface area (Å²) in [6, 6.07) is 5.82. The topological polar surface area (TPSA) is 9.23 Å². The predicted molar refractivity (Wildman–Crippen MR) is 78.4 cm³/mol. The lowest BCUT2D eigenvalue weighted by Gasteiger charge is -2.18. The monoisotopic (exact) mass is 318 g/mol. The Hall–Kier alpha value is -0.210. The average Bonchev–Trinajstić information content (AvgIpc) is 2.28. The minimum atomic E-state index is 0.627. The number of alkyl halides is 1. The van der Waals surface area contributed by atoms with Crippen molar-refractivity contribution in [2.24, 2.45) is 11.8 Å². The van der Waals surface area contributed by atoms with Crippen molar-refractivity contribution in [3.8, 4) is 5.75 Å². The van der Waals surface area contributed by atoms with Gasteiger partial charge in [0.05, 0.1) is 7.11 Å². The minimum Gasteiger partial charge on any atom is -0.496 e. The van der Waals surface area contributed by atoms with Crippen LogP contribution in [-0.2, 0) is 6.42 Å². The Morgan fingerprint density at radius 2 is 2.06 bits per heavy atom. The number of methoxy groups -OCH3 is 1. The molecule has 0 N–H and O–H groups in total. The molecule has 0 aliphatic heterocycles. The largest absolute Gasteiger partial charge is 0.496 e. The van der Waals surface area contributed by atoms with Crippen LogP contribution in [-0.4, -0.2) is 12.4 Å². The molecule has 17 heavy (non-hydrogen) atoms. The van der Waals surface area contributed by atoms with E-state index in [1.54, 1.807) is 7.11 Å². The van der Waals surface area contributed by atoms with E-state index in [4.69, 9.17) is 16.3 Å². The summed E-state index contributed by atoms with van der Waals surface area (Å²) in [5.74, 6) is 2.27. The van der Waals surface area contributed by atoms with Crippen molar-refractivity contribution in [3.05, 3.63) is 28.8 Å². The van der Waals surface area contributed by atoms with Crippen LogP contribution in [0.1, 0.15) is 25.8 Å². The lowest BCUT2D eigenvalue weighted by Crippen LogP contribution is -2.10. The fourth-order valence-electron chi connectivity index (χ4n) is 2.09. The van der Waals surface area contributed by atoms with E-state index in [-0.39, 0.29) is 0 Å². The smallest absolute Gasteiger partial charge is 0.122 e. The van der Waals surface area contributed by atoms with Crippen molar-refractivity contribution < 1.29 is 4.74 Å². The Labute approximate surface area is 118 Å². The summed E-state index contributed by atoms with van der Waals surface area (Å²) >= 11 is 9.63. The van der Waals surface area contributed by atoms with E-state index >= 15 is 0 Å². The molecule has 0 radical (unpaired) electrons. The molecule has 0 amide bonds. The SMILES string of the molecule is COc1ccc(Cl)cc1CC(CBr)CC(C)C. The number of hydrogen-bond acceptors (Lipinski definition) is 1. The first-order chi connectivity index (χ1) is 8.06. The molecule has 3 heteroatoms. The van der Waals surface area contributed by atoms with E-state index in [1.807, 2.05) is 18.2 Å². The van der Waals surface area contributed by atoms with Gasteiger partial charge in [-0.15, -0.1) is 0 Å². The molecule has 1 atom stereocenters. The zero-order valence-corrected chi connectivity index (χ0v) is 13.0. The minimum absolute atomic E-state index is 0.627. The Morgan fingerprint density at radius 3 is 2.59 bits per heavy atom. The van der Waals surface area contributed by atoms with Gasteiger partial charge >= 0.3 is 0 Å². The first kappa shape index (κ1) is 14.8. The molecule has 1 aromatic carbocycles. The maximum absolute atomic E-state index is 6.04. The highest BCUT2D eigenvalue weighted by molar-refractivity contribution is 9.09. The molecule has 1 aromatic rings. The number of rotatable bonds is 6. The molecule has 0 heterocycles. The Bertz CT molecular complexity index is 352. The average molecular weight is 320 g/mol. The maximum Gasteiger partial charge on any atom is 0.122 e. The van der Waals surface area contributed by atoms with Gasteiger partial charge in [0.2, 0.25) is 0 Å². The molecule has 0 bridgehead atoms. The third kappa shape index (κ3) is 4.89. The fourth-order valence-corrected chi connectivity index (χ4v) is 2.77. The van der Waals surface area contributed by atoms with Crippen LogP contribution < -0.4 is 4.74 Å². The van der Waals surface area contributed by atoms with Gasteiger partial charge in [-0.3, -0.25) is 0 Å². The summed E-state index contributed by atoms with van der Waals surface area (Å²) in [7, 11) is 1.71. The summed E-state index contributed by atoms with van der Waals surface area (Å²) in [6.07, 6.45) is 2.22. The number of ether oxygens (including phenoxy) is 1. The van der Waals surface area contributed by atoms with Crippen LogP contribution in [0, 0.1) is 11.8 Å². The first-order valence-corrected chi connectivity index (χ1v) is 7.45. The molecular formula is C14H20BrClO. The number of benzene rings is 1. The maximum atomic E-state index is 6.04. The van der Waals surface area contributed by atoms with E-state index < -0.39 is 0 Å². The highest BCUT2D eigenvalue weighted by Crippen LogP contribution is 2.28. The van der Waals surface area contributed by atoms with Crippen molar-refractivity contribution in [1.29, 1.82) is 0 Å². The third-order valence-corrected chi connectivity index (χ3v) is 3.92. The van der Waals surface area contributed by atoms with Gasteiger partial charge in [0.15, 0.2) is 0 Å². The molecule has 1 unspecified atom stereocenters. The molecule has 0 aliphatic rings. The van der Waals surface area contributed by atoms with Gasteiger partial charge in [-0.1, -0.05) is 41.4 Å². The van der Waals surface area contributed by atoms with Gasteiger partial charge in [0.1, 0.15) is 5.75 Å². The second kappa shape index (κ2) is 7.27. The second-order valence-electron chi connectivity index (χ2n) is 4.81. The summed E-state index contributed by atoms with van der Waals surface area (Å²) < 4.78 is 5.38. The van der Waals surface area contributed by atoms with Gasteiger partial charge in [0, 0.05) is 10.4 Å².